The molecule has 0 radical (unpaired) electrons. The van der Waals surface area contributed by atoms with Crippen LogP contribution >= 0.6 is 11.8 Å². The van der Waals surface area contributed by atoms with Gasteiger partial charge in [-0.3, -0.25) is 9.59 Å². The molecule has 0 fully saturated rings. The van der Waals surface area contributed by atoms with E-state index in [2.05, 4.69) is 0 Å². The van der Waals surface area contributed by atoms with Gasteiger partial charge < -0.3 is 15.9 Å². The fourth-order valence-corrected chi connectivity index (χ4v) is 2.29. The van der Waals surface area contributed by atoms with Gasteiger partial charge in [0.15, 0.2) is 0 Å². The van der Waals surface area contributed by atoms with E-state index >= 15 is 0 Å². The highest BCUT2D eigenvalue weighted by atomic mass is 32.2. The largest absolute Gasteiger partial charge is 0.480 e. The van der Waals surface area contributed by atoms with Gasteiger partial charge in [0, 0.05) is 4.75 Å². The van der Waals surface area contributed by atoms with Gasteiger partial charge in [-0.25, -0.2) is 0 Å². The van der Waals surface area contributed by atoms with Crippen molar-refractivity contribution in [1.82, 2.24) is 0 Å². The van der Waals surface area contributed by atoms with Gasteiger partial charge in [-0.2, -0.15) is 0 Å². The van der Waals surface area contributed by atoms with Crippen LogP contribution in [0.5, 0.6) is 0 Å². The lowest BCUT2D eigenvalue weighted by Gasteiger charge is -2.30. The van der Waals surface area contributed by atoms with E-state index in [1.54, 1.807) is 20.8 Å². The average Bonchev–Trinajstić information content (AvgIpc) is 2.12. The Labute approximate surface area is 93.0 Å². The first-order chi connectivity index (χ1) is 6.72. The number of rotatable bonds is 6. The van der Waals surface area contributed by atoms with Gasteiger partial charge in [-0.15, -0.1) is 11.8 Å². The van der Waals surface area contributed by atoms with Crippen molar-refractivity contribution >= 4 is 23.7 Å². The number of thioether (sulfide) groups is 1. The van der Waals surface area contributed by atoms with E-state index in [0.29, 0.717) is 6.42 Å². The number of hydrogen-bond acceptors (Lipinski definition) is 4. The molecule has 15 heavy (non-hydrogen) atoms. The van der Waals surface area contributed by atoms with Crippen molar-refractivity contribution in [2.45, 2.75) is 43.2 Å². The van der Waals surface area contributed by atoms with Crippen LogP contribution in [0.25, 0.3) is 0 Å². The number of carboxylic acids is 2. The van der Waals surface area contributed by atoms with Crippen LogP contribution < -0.4 is 5.73 Å². The van der Waals surface area contributed by atoms with Crippen molar-refractivity contribution in [3.8, 4) is 0 Å². The Balaban J connectivity index is 4.60. The molecule has 2 atom stereocenters. The fourth-order valence-electron chi connectivity index (χ4n) is 1.05. The highest BCUT2D eigenvalue weighted by Crippen LogP contribution is 2.32. The van der Waals surface area contributed by atoms with E-state index in [-0.39, 0.29) is 0 Å². The number of carbonyl (C=O) groups is 2. The monoisotopic (exact) mass is 235 g/mol. The van der Waals surface area contributed by atoms with E-state index in [0.717, 1.165) is 11.8 Å². The summed E-state index contributed by atoms with van der Waals surface area (Å²) >= 11 is 1.09. The van der Waals surface area contributed by atoms with Crippen molar-refractivity contribution in [2.75, 3.05) is 0 Å². The van der Waals surface area contributed by atoms with Gasteiger partial charge in [-0.05, 0) is 20.3 Å². The maximum Gasteiger partial charge on any atom is 0.321 e. The van der Waals surface area contributed by atoms with E-state index in [1.165, 1.54) is 0 Å². The van der Waals surface area contributed by atoms with E-state index < -0.39 is 28.0 Å². The Bertz CT molecular complexity index is 254. The Hall–Kier alpha value is -0.750. The van der Waals surface area contributed by atoms with Crippen LogP contribution in [0.2, 0.25) is 0 Å². The third kappa shape index (κ3) is 4.09. The minimum Gasteiger partial charge on any atom is -0.480 e. The van der Waals surface area contributed by atoms with Crippen LogP contribution in [0.4, 0.5) is 0 Å². The van der Waals surface area contributed by atoms with Gasteiger partial charge >= 0.3 is 11.9 Å². The average molecular weight is 235 g/mol. The molecule has 0 spiro atoms. The molecule has 1 unspecified atom stereocenters. The van der Waals surface area contributed by atoms with Gasteiger partial charge in [0.05, 0.1) is 0 Å². The van der Waals surface area contributed by atoms with Gasteiger partial charge in [-0.1, -0.05) is 6.92 Å². The second-order valence-corrected chi connectivity index (χ2v) is 5.63. The van der Waals surface area contributed by atoms with Crippen molar-refractivity contribution in [2.24, 2.45) is 5.73 Å². The smallest absolute Gasteiger partial charge is 0.321 e. The molecule has 0 heterocycles. The van der Waals surface area contributed by atoms with Crippen molar-refractivity contribution in [3.05, 3.63) is 0 Å². The van der Waals surface area contributed by atoms with Crippen molar-refractivity contribution in [3.63, 3.8) is 0 Å². The second kappa shape index (κ2) is 5.37. The summed E-state index contributed by atoms with van der Waals surface area (Å²) in [5.74, 6) is -2.05. The van der Waals surface area contributed by atoms with Crippen molar-refractivity contribution < 1.29 is 19.8 Å². The number of carboxylic acid groups (broad SMARTS) is 2. The normalized spacial score (nSPS) is 15.7. The first kappa shape index (κ1) is 14.2. The first-order valence-electron chi connectivity index (χ1n) is 4.61. The predicted octanol–water partition coefficient (Wildman–Crippen LogP) is 0.773. The second-order valence-electron chi connectivity index (χ2n) is 3.77. The molecule has 88 valence electrons. The zero-order valence-corrected chi connectivity index (χ0v) is 9.87. The van der Waals surface area contributed by atoms with Crippen LogP contribution in [-0.2, 0) is 9.59 Å². The summed E-state index contributed by atoms with van der Waals surface area (Å²) in [5.41, 5.74) is 5.48. The molecule has 0 aromatic rings. The Morgan fingerprint density at radius 3 is 2.07 bits per heavy atom. The molecule has 0 aliphatic rings. The first-order valence-corrected chi connectivity index (χ1v) is 5.49. The molecule has 0 rings (SSSR count). The molecular formula is C9H17NO4S. The molecule has 0 aromatic heterocycles. The SMILES string of the molecule is CCC(SC(C)(C)[C@H](N)C(=O)O)C(=O)O. The van der Waals surface area contributed by atoms with Crippen LogP contribution in [0.1, 0.15) is 27.2 Å². The van der Waals surface area contributed by atoms with Gasteiger partial charge in [0.1, 0.15) is 11.3 Å². The summed E-state index contributed by atoms with van der Waals surface area (Å²) in [5, 5.41) is 17.0. The lowest BCUT2D eigenvalue weighted by atomic mass is 10.1. The van der Waals surface area contributed by atoms with E-state index in [9.17, 15) is 9.59 Å². The van der Waals surface area contributed by atoms with Crippen molar-refractivity contribution in [1.29, 1.82) is 0 Å². The molecule has 0 saturated carbocycles. The predicted molar refractivity (Wildman–Crippen MR) is 59.0 cm³/mol. The maximum atomic E-state index is 10.8. The Kier molecular flexibility index (Phi) is 5.10. The van der Waals surface area contributed by atoms with Crippen LogP contribution in [-0.4, -0.2) is 38.2 Å². The molecule has 0 aromatic carbocycles. The summed E-state index contributed by atoms with van der Waals surface area (Å²) in [6.45, 7) is 5.03. The zero-order chi connectivity index (χ0) is 12.2. The van der Waals surface area contributed by atoms with Gasteiger partial charge in [0.25, 0.3) is 0 Å². The molecule has 0 aliphatic heterocycles. The van der Waals surface area contributed by atoms with E-state index in [4.69, 9.17) is 15.9 Å². The zero-order valence-electron chi connectivity index (χ0n) is 9.06. The van der Waals surface area contributed by atoms with Crippen LogP contribution in [0.15, 0.2) is 0 Å². The molecule has 4 N–H and O–H groups in total. The summed E-state index contributed by atoms with van der Waals surface area (Å²) in [6, 6.07) is -1.07. The molecule has 0 bridgehead atoms. The summed E-state index contributed by atoms with van der Waals surface area (Å²) < 4.78 is -0.801. The molecule has 0 saturated heterocycles. The summed E-state index contributed by atoms with van der Waals surface area (Å²) in [6.07, 6.45) is 0.440. The lowest BCUT2D eigenvalue weighted by Crippen LogP contribution is -2.48. The summed E-state index contributed by atoms with van der Waals surface area (Å²) in [4.78, 5) is 21.5. The minimum absolute atomic E-state index is 0.440. The minimum atomic E-state index is -1.12. The molecule has 0 amide bonds. The van der Waals surface area contributed by atoms with Crippen LogP contribution in [0.3, 0.4) is 0 Å². The maximum absolute atomic E-state index is 10.8. The van der Waals surface area contributed by atoms with Crippen LogP contribution in [0, 0.1) is 0 Å². The fraction of sp³-hybridized carbons (Fsp3) is 0.778. The Morgan fingerprint density at radius 2 is 1.80 bits per heavy atom. The highest BCUT2D eigenvalue weighted by Gasteiger charge is 2.36. The number of hydrogen-bond donors (Lipinski definition) is 3. The number of nitrogens with two attached hydrogens (primary N) is 1. The molecular weight excluding hydrogens is 218 g/mol. The van der Waals surface area contributed by atoms with Gasteiger partial charge in [0.2, 0.25) is 0 Å². The lowest BCUT2D eigenvalue weighted by molar-refractivity contribution is -0.139. The van der Waals surface area contributed by atoms with E-state index in [1.807, 2.05) is 0 Å². The third-order valence-electron chi connectivity index (χ3n) is 2.11. The summed E-state index contributed by atoms with van der Waals surface area (Å²) in [7, 11) is 0. The molecule has 5 nitrogen and oxygen atoms in total. The molecule has 0 aliphatic carbocycles. The number of aliphatic carboxylic acids is 2. The quantitative estimate of drug-likeness (QED) is 0.628. The Morgan fingerprint density at radius 1 is 1.33 bits per heavy atom. The standard InChI is InChI=1S/C9H17NO4S/c1-4-5(7(11)12)15-9(2,3)6(10)8(13)14/h5-6H,4,10H2,1-3H3,(H,11,12)(H,13,14)/t5?,6-/m1/s1. The highest BCUT2D eigenvalue weighted by molar-refractivity contribution is 8.02. The molecule has 6 heteroatoms. The third-order valence-corrected chi connectivity index (χ3v) is 3.79. The topological polar surface area (TPSA) is 101 Å².